The molecule has 2 N–H and O–H groups in total. The Balaban J connectivity index is 1.83. The van der Waals surface area contributed by atoms with E-state index in [0.29, 0.717) is 12.6 Å². The fourth-order valence-electron chi connectivity index (χ4n) is 2.80. The van der Waals surface area contributed by atoms with Crippen molar-refractivity contribution in [3.05, 3.63) is 16.4 Å². The van der Waals surface area contributed by atoms with E-state index < -0.39 is 0 Å². The highest BCUT2D eigenvalue weighted by atomic mass is 35.5. The first kappa shape index (κ1) is 16.7. The molecule has 5 nitrogen and oxygen atoms in total. The summed E-state index contributed by atoms with van der Waals surface area (Å²) in [7, 11) is 0. The molecule has 0 spiro atoms. The molecule has 0 saturated carbocycles. The van der Waals surface area contributed by atoms with Crippen LogP contribution in [0.1, 0.15) is 37.6 Å². The molecule has 1 fully saturated rings. The second-order valence-corrected chi connectivity index (χ2v) is 6.03. The summed E-state index contributed by atoms with van der Waals surface area (Å²) in [5.41, 5.74) is 7.55. The first-order valence-corrected chi connectivity index (χ1v) is 8.29. The maximum absolute atomic E-state index is 6.38. The molecule has 1 aliphatic heterocycles. The van der Waals surface area contributed by atoms with Crippen LogP contribution in [0.4, 0.5) is 0 Å². The standard InChI is InChI=1S/C15H27ClN4O/c1-3-20-14(15(16)12(2)18-20)11-19-8-5-13(6-9-19)21-10-4-7-17/h13H,3-11,17H2,1-2H3. The zero-order chi connectivity index (χ0) is 15.2. The average molecular weight is 315 g/mol. The predicted molar refractivity (Wildman–Crippen MR) is 85.6 cm³/mol. The van der Waals surface area contributed by atoms with E-state index in [1.807, 2.05) is 11.6 Å². The van der Waals surface area contributed by atoms with E-state index in [2.05, 4.69) is 16.9 Å². The predicted octanol–water partition coefficient (Wildman–Crippen LogP) is 2.19. The fraction of sp³-hybridized carbons (Fsp3) is 0.800. The lowest BCUT2D eigenvalue weighted by molar-refractivity contribution is 0.00518. The molecule has 0 amide bonds. The second-order valence-electron chi connectivity index (χ2n) is 5.65. The van der Waals surface area contributed by atoms with Crippen molar-refractivity contribution in [3.63, 3.8) is 0 Å². The zero-order valence-corrected chi connectivity index (χ0v) is 13.9. The Bertz CT molecular complexity index is 441. The van der Waals surface area contributed by atoms with Crippen LogP contribution in [0, 0.1) is 6.92 Å². The number of nitrogens with two attached hydrogens (primary N) is 1. The van der Waals surface area contributed by atoms with Gasteiger partial charge in [-0.3, -0.25) is 9.58 Å². The van der Waals surface area contributed by atoms with Gasteiger partial charge in [-0.25, -0.2) is 0 Å². The number of hydrogen-bond acceptors (Lipinski definition) is 4. The number of ether oxygens (including phenoxy) is 1. The molecular weight excluding hydrogens is 288 g/mol. The third-order valence-corrected chi connectivity index (χ3v) is 4.55. The lowest BCUT2D eigenvalue weighted by Gasteiger charge is -2.32. The molecule has 1 saturated heterocycles. The van der Waals surface area contributed by atoms with Crippen LogP contribution in [-0.4, -0.2) is 47.0 Å². The van der Waals surface area contributed by atoms with Crippen molar-refractivity contribution in [1.29, 1.82) is 0 Å². The lowest BCUT2D eigenvalue weighted by atomic mass is 10.1. The van der Waals surface area contributed by atoms with Gasteiger partial charge in [-0.2, -0.15) is 5.10 Å². The number of aryl methyl sites for hydroxylation is 2. The van der Waals surface area contributed by atoms with Gasteiger partial charge >= 0.3 is 0 Å². The van der Waals surface area contributed by atoms with Gasteiger partial charge in [-0.05, 0) is 39.7 Å². The molecule has 0 radical (unpaired) electrons. The number of nitrogens with zero attached hydrogens (tertiary/aromatic N) is 3. The summed E-state index contributed by atoms with van der Waals surface area (Å²) in [6.07, 6.45) is 3.51. The SMILES string of the molecule is CCn1nc(C)c(Cl)c1CN1CCC(OCCCN)CC1. The monoisotopic (exact) mass is 314 g/mol. The van der Waals surface area contributed by atoms with Gasteiger partial charge in [0.1, 0.15) is 0 Å². The molecule has 0 aromatic carbocycles. The molecule has 2 heterocycles. The van der Waals surface area contributed by atoms with Crippen molar-refractivity contribution >= 4 is 11.6 Å². The van der Waals surface area contributed by atoms with E-state index in [4.69, 9.17) is 22.1 Å². The van der Waals surface area contributed by atoms with Gasteiger partial charge in [0.05, 0.1) is 22.5 Å². The molecule has 1 aromatic rings. The number of piperidine rings is 1. The highest BCUT2D eigenvalue weighted by molar-refractivity contribution is 6.31. The van der Waals surface area contributed by atoms with Gasteiger partial charge in [0.15, 0.2) is 0 Å². The van der Waals surface area contributed by atoms with Crippen LogP contribution >= 0.6 is 11.6 Å². The molecule has 6 heteroatoms. The molecule has 1 aliphatic rings. The Morgan fingerprint density at radius 3 is 2.71 bits per heavy atom. The molecule has 0 aliphatic carbocycles. The normalized spacial score (nSPS) is 17.5. The van der Waals surface area contributed by atoms with Crippen LogP contribution in [0.2, 0.25) is 5.02 Å². The minimum atomic E-state index is 0.390. The molecule has 0 unspecified atom stereocenters. The van der Waals surface area contributed by atoms with Crippen LogP contribution < -0.4 is 5.73 Å². The highest BCUT2D eigenvalue weighted by Gasteiger charge is 2.22. The van der Waals surface area contributed by atoms with E-state index >= 15 is 0 Å². The maximum Gasteiger partial charge on any atom is 0.0860 e. The van der Waals surface area contributed by atoms with Crippen LogP contribution in [0.5, 0.6) is 0 Å². The highest BCUT2D eigenvalue weighted by Crippen LogP contribution is 2.23. The molecule has 120 valence electrons. The van der Waals surface area contributed by atoms with E-state index in [0.717, 1.165) is 68.5 Å². The van der Waals surface area contributed by atoms with Crippen molar-refractivity contribution in [2.24, 2.45) is 5.73 Å². The van der Waals surface area contributed by atoms with E-state index in [-0.39, 0.29) is 0 Å². The Morgan fingerprint density at radius 1 is 1.38 bits per heavy atom. The maximum atomic E-state index is 6.38. The third-order valence-electron chi connectivity index (χ3n) is 4.06. The van der Waals surface area contributed by atoms with Crippen molar-refractivity contribution in [1.82, 2.24) is 14.7 Å². The van der Waals surface area contributed by atoms with Crippen molar-refractivity contribution in [3.8, 4) is 0 Å². The second kappa shape index (κ2) is 8.13. The molecule has 1 aromatic heterocycles. The van der Waals surface area contributed by atoms with Gasteiger partial charge in [0.25, 0.3) is 0 Å². The molecule has 0 bridgehead atoms. The summed E-state index contributed by atoms with van der Waals surface area (Å²) >= 11 is 6.38. The van der Waals surface area contributed by atoms with Crippen LogP contribution in [0.15, 0.2) is 0 Å². The summed E-state index contributed by atoms with van der Waals surface area (Å²) in [5.74, 6) is 0. The van der Waals surface area contributed by atoms with Gasteiger partial charge in [-0.1, -0.05) is 11.6 Å². The summed E-state index contributed by atoms with van der Waals surface area (Å²) in [4.78, 5) is 2.44. The largest absolute Gasteiger partial charge is 0.378 e. The molecule has 0 atom stereocenters. The summed E-state index contributed by atoms with van der Waals surface area (Å²) in [6.45, 7) is 9.41. The molecule has 21 heavy (non-hydrogen) atoms. The Labute approximate surface area is 132 Å². The lowest BCUT2D eigenvalue weighted by Crippen LogP contribution is -2.37. The Hall–Kier alpha value is -0.620. The van der Waals surface area contributed by atoms with E-state index in [1.165, 1.54) is 0 Å². The summed E-state index contributed by atoms with van der Waals surface area (Å²) in [5, 5.41) is 5.30. The minimum absolute atomic E-state index is 0.390. The summed E-state index contributed by atoms with van der Waals surface area (Å²) in [6, 6.07) is 0. The van der Waals surface area contributed by atoms with Crippen molar-refractivity contribution in [2.45, 2.75) is 52.3 Å². The Kier molecular flexibility index (Phi) is 6.48. The molecular formula is C15H27ClN4O. The smallest absolute Gasteiger partial charge is 0.0860 e. The van der Waals surface area contributed by atoms with Crippen molar-refractivity contribution in [2.75, 3.05) is 26.2 Å². The fourth-order valence-corrected chi connectivity index (χ4v) is 2.99. The topological polar surface area (TPSA) is 56.3 Å². The van der Waals surface area contributed by atoms with Crippen molar-refractivity contribution < 1.29 is 4.74 Å². The van der Waals surface area contributed by atoms with E-state index in [1.54, 1.807) is 0 Å². The van der Waals surface area contributed by atoms with Gasteiger partial charge in [-0.15, -0.1) is 0 Å². The van der Waals surface area contributed by atoms with Crippen LogP contribution in [-0.2, 0) is 17.8 Å². The average Bonchev–Trinajstić information content (AvgIpc) is 2.77. The first-order chi connectivity index (χ1) is 10.2. The number of aromatic nitrogens is 2. The summed E-state index contributed by atoms with van der Waals surface area (Å²) < 4.78 is 7.86. The minimum Gasteiger partial charge on any atom is -0.378 e. The van der Waals surface area contributed by atoms with Crippen LogP contribution in [0.3, 0.4) is 0 Å². The van der Waals surface area contributed by atoms with E-state index in [9.17, 15) is 0 Å². The molecule has 2 rings (SSSR count). The van der Waals surface area contributed by atoms with Crippen LogP contribution in [0.25, 0.3) is 0 Å². The van der Waals surface area contributed by atoms with Gasteiger partial charge in [0, 0.05) is 32.8 Å². The Morgan fingerprint density at radius 2 is 2.10 bits per heavy atom. The number of hydrogen-bond donors (Lipinski definition) is 1. The van der Waals surface area contributed by atoms with Gasteiger partial charge in [0.2, 0.25) is 0 Å². The first-order valence-electron chi connectivity index (χ1n) is 7.91. The number of halogens is 1. The quantitative estimate of drug-likeness (QED) is 0.784. The number of rotatable bonds is 7. The number of likely N-dealkylation sites (tertiary alicyclic amines) is 1. The third kappa shape index (κ3) is 4.42. The van der Waals surface area contributed by atoms with Gasteiger partial charge < -0.3 is 10.5 Å². The zero-order valence-electron chi connectivity index (χ0n) is 13.1.